The van der Waals surface area contributed by atoms with E-state index in [0.29, 0.717) is 30.4 Å². The first-order valence-electron chi connectivity index (χ1n) is 9.67. The largest absolute Gasteiger partial charge is 0.361 e. The Kier molecular flexibility index (Phi) is 7.02. The number of benzene rings is 1. The molecule has 0 aliphatic carbocycles. The molecule has 3 rings (SSSR count). The summed E-state index contributed by atoms with van der Waals surface area (Å²) in [5.41, 5.74) is 2.44. The van der Waals surface area contributed by atoms with Gasteiger partial charge >= 0.3 is 0 Å². The van der Waals surface area contributed by atoms with Gasteiger partial charge < -0.3 is 9.84 Å². The van der Waals surface area contributed by atoms with Gasteiger partial charge in [-0.2, -0.15) is 4.31 Å². The summed E-state index contributed by atoms with van der Waals surface area (Å²) in [6.07, 6.45) is 1.78. The summed E-state index contributed by atoms with van der Waals surface area (Å²) in [4.78, 5) is 12.4. The number of carbonyl (C=O) groups excluding carboxylic acids is 1. The van der Waals surface area contributed by atoms with Crippen molar-refractivity contribution in [1.29, 1.82) is 0 Å². The second kappa shape index (κ2) is 9.32. The molecule has 1 fully saturated rings. The molecule has 0 spiro atoms. The second-order valence-electron chi connectivity index (χ2n) is 7.45. The summed E-state index contributed by atoms with van der Waals surface area (Å²) >= 11 is 1.48. The monoisotopic (exact) mass is 437 g/mol. The van der Waals surface area contributed by atoms with Gasteiger partial charge in [-0.1, -0.05) is 12.1 Å². The van der Waals surface area contributed by atoms with Gasteiger partial charge in [-0.15, -0.1) is 11.8 Å². The highest BCUT2D eigenvalue weighted by Crippen LogP contribution is 2.24. The SMILES string of the molecule is Cc1noc(C)c1CSCC(=O)Nc1ccc(S(=O)(=O)N2CCC(C)CC2)cc1. The maximum Gasteiger partial charge on any atom is 0.243 e. The molecular formula is C20H27N3O4S2. The number of carbonyl (C=O) groups is 1. The van der Waals surface area contributed by atoms with Crippen LogP contribution in [-0.2, 0) is 20.6 Å². The van der Waals surface area contributed by atoms with Crippen LogP contribution in [0.15, 0.2) is 33.7 Å². The number of rotatable bonds is 7. The lowest BCUT2D eigenvalue weighted by Crippen LogP contribution is -2.37. The van der Waals surface area contributed by atoms with Crippen molar-refractivity contribution in [3.05, 3.63) is 41.3 Å². The van der Waals surface area contributed by atoms with Crippen LogP contribution in [0.3, 0.4) is 0 Å². The minimum absolute atomic E-state index is 0.137. The molecule has 0 bridgehead atoms. The summed E-state index contributed by atoms with van der Waals surface area (Å²) in [6.45, 7) is 7.01. The van der Waals surface area contributed by atoms with Crippen LogP contribution >= 0.6 is 11.8 Å². The van der Waals surface area contributed by atoms with E-state index in [1.807, 2.05) is 13.8 Å². The fraction of sp³-hybridized carbons (Fsp3) is 0.500. The van der Waals surface area contributed by atoms with E-state index in [4.69, 9.17) is 4.52 Å². The zero-order valence-electron chi connectivity index (χ0n) is 17.0. The molecule has 7 nitrogen and oxygen atoms in total. The number of anilines is 1. The van der Waals surface area contributed by atoms with Crippen LogP contribution in [0.4, 0.5) is 5.69 Å². The first kappa shape index (κ1) is 21.9. The second-order valence-corrected chi connectivity index (χ2v) is 10.4. The molecule has 158 valence electrons. The minimum atomic E-state index is -3.48. The number of amides is 1. The van der Waals surface area contributed by atoms with Crippen LogP contribution in [0.5, 0.6) is 0 Å². The minimum Gasteiger partial charge on any atom is -0.361 e. The Bertz CT molecular complexity index is 927. The van der Waals surface area contributed by atoms with Gasteiger partial charge in [-0.05, 0) is 56.9 Å². The number of thioether (sulfide) groups is 1. The fourth-order valence-electron chi connectivity index (χ4n) is 3.24. The first-order chi connectivity index (χ1) is 13.8. The van der Waals surface area contributed by atoms with E-state index in [-0.39, 0.29) is 16.6 Å². The lowest BCUT2D eigenvalue weighted by atomic mass is 10.0. The Balaban J connectivity index is 1.52. The van der Waals surface area contributed by atoms with Crippen molar-refractivity contribution in [2.45, 2.75) is 44.3 Å². The van der Waals surface area contributed by atoms with Gasteiger partial charge in [0.05, 0.1) is 16.3 Å². The van der Waals surface area contributed by atoms with E-state index >= 15 is 0 Å². The summed E-state index contributed by atoms with van der Waals surface area (Å²) in [5, 5.41) is 6.71. The van der Waals surface area contributed by atoms with E-state index in [9.17, 15) is 13.2 Å². The summed E-state index contributed by atoms with van der Waals surface area (Å²) < 4.78 is 32.2. The number of piperidine rings is 1. The Hall–Kier alpha value is -1.84. The van der Waals surface area contributed by atoms with Crippen molar-refractivity contribution < 1.29 is 17.7 Å². The van der Waals surface area contributed by atoms with Gasteiger partial charge in [0.25, 0.3) is 0 Å². The van der Waals surface area contributed by atoms with Crippen molar-refractivity contribution in [2.24, 2.45) is 5.92 Å². The van der Waals surface area contributed by atoms with Crippen molar-refractivity contribution in [3.8, 4) is 0 Å². The van der Waals surface area contributed by atoms with Gasteiger partial charge in [0, 0.05) is 30.1 Å². The molecule has 1 aromatic carbocycles. The molecule has 1 saturated heterocycles. The van der Waals surface area contributed by atoms with Crippen LogP contribution in [0.1, 0.15) is 36.8 Å². The first-order valence-corrected chi connectivity index (χ1v) is 12.3. The fourth-order valence-corrected chi connectivity index (χ4v) is 5.68. The Morgan fingerprint density at radius 2 is 1.90 bits per heavy atom. The molecule has 29 heavy (non-hydrogen) atoms. The summed E-state index contributed by atoms with van der Waals surface area (Å²) in [5.74, 6) is 2.14. The van der Waals surface area contributed by atoms with Crippen LogP contribution in [-0.4, -0.2) is 42.6 Å². The molecule has 0 radical (unpaired) electrons. The number of aromatic nitrogens is 1. The molecule has 1 amide bonds. The standard InChI is InChI=1S/C20H27N3O4S2/c1-14-8-10-23(11-9-14)29(25,26)18-6-4-17(5-7-18)21-20(24)13-28-12-19-15(2)22-27-16(19)3/h4-7,14H,8-13H2,1-3H3,(H,21,24). The van der Waals surface area contributed by atoms with Crippen LogP contribution < -0.4 is 5.32 Å². The average molecular weight is 438 g/mol. The maximum absolute atomic E-state index is 12.8. The Morgan fingerprint density at radius 1 is 1.24 bits per heavy atom. The van der Waals surface area contributed by atoms with E-state index in [0.717, 1.165) is 29.9 Å². The number of sulfonamides is 1. The van der Waals surface area contributed by atoms with E-state index < -0.39 is 10.0 Å². The maximum atomic E-state index is 12.8. The number of aryl methyl sites for hydroxylation is 2. The average Bonchev–Trinajstić information content (AvgIpc) is 3.01. The summed E-state index contributed by atoms with van der Waals surface area (Å²) in [6, 6.07) is 6.38. The van der Waals surface area contributed by atoms with Gasteiger partial charge in [-0.25, -0.2) is 8.42 Å². The quantitative estimate of drug-likeness (QED) is 0.712. The van der Waals surface area contributed by atoms with Gasteiger partial charge in [-0.3, -0.25) is 4.79 Å². The van der Waals surface area contributed by atoms with Crippen LogP contribution in [0.25, 0.3) is 0 Å². The molecule has 0 atom stereocenters. The third kappa shape index (κ3) is 5.40. The highest BCUT2D eigenvalue weighted by atomic mass is 32.2. The Morgan fingerprint density at radius 3 is 2.48 bits per heavy atom. The molecule has 0 unspecified atom stereocenters. The normalized spacial score (nSPS) is 16.1. The lowest BCUT2D eigenvalue weighted by molar-refractivity contribution is -0.113. The number of hydrogen-bond donors (Lipinski definition) is 1. The highest BCUT2D eigenvalue weighted by Gasteiger charge is 2.27. The molecule has 1 N–H and O–H groups in total. The van der Waals surface area contributed by atoms with Crippen molar-refractivity contribution >= 4 is 33.4 Å². The smallest absolute Gasteiger partial charge is 0.243 e. The number of hydrogen-bond acceptors (Lipinski definition) is 6. The zero-order chi connectivity index (χ0) is 21.0. The van der Waals surface area contributed by atoms with Crippen molar-refractivity contribution in [2.75, 3.05) is 24.2 Å². The molecule has 1 aliphatic rings. The van der Waals surface area contributed by atoms with Crippen molar-refractivity contribution in [1.82, 2.24) is 9.46 Å². The molecule has 9 heteroatoms. The molecule has 1 aromatic heterocycles. The topological polar surface area (TPSA) is 92.5 Å². The highest BCUT2D eigenvalue weighted by molar-refractivity contribution is 7.99. The predicted octanol–water partition coefficient (Wildman–Crippen LogP) is 3.58. The lowest BCUT2D eigenvalue weighted by Gasteiger charge is -2.29. The van der Waals surface area contributed by atoms with Crippen LogP contribution in [0.2, 0.25) is 0 Å². The molecule has 2 aromatic rings. The number of nitrogens with zero attached hydrogens (tertiary/aromatic N) is 2. The predicted molar refractivity (Wildman–Crippen MR) is 114 cm³/mol. The summed E-state index contributed by atoms with van der Waals surface area (Å²) in [7, 11) is -3.48. The van der Waals surface area contributed by atoms with Gasteiger partial charge in [0.2, 0.25) is 15.9 Å². The molecule has 0 saturated carbocycles. The van der Waals surface area contributed by atoms with E-state index in [1.165, 1.54) is 11.8 Å². The van der Waals surface area contributed by atoms with E-state index in [2.05, 4.69) is 17.4 Å². The third-order valence-corrected chi connectivity index (χ3v) is 8.05. The zero-order valence-corrected chi connectivity index (χ0v) is 18.6. The van der Waals surface area contributed by atoms with Gasteiger partial charge in [0.1, 0.15) is 5.76 Å². The molecular weight excluding hydrogens is 410 g/mol. The molecule has 1 aliphatic heterocycles. The van der Waals surface area contributed by atoms with E-state index in [1.54, 1.807) is 28.6 Å². The number of nitrogens with one attached hydrogen (secondary N) is 1. The van der Waals surface area contributed by atoms with Crippen LogP contribution in [0, 0.1) is 19.8 Å². The third-order valence-electron chi connectivity index (χ3n) is 5.18. The Labute approximate surface area is 176 Å². The van der Waals surface area contributed by atoms with Crippen molar-refractivity contribution in [3.63, 3.8) is 0 Å². The van der Waals surface area contributed by atoms with Gasteiger partial charge in [0.15, 0.2) is 0 Å². The molecule has 2 heterocycles.